The van der Waals surface area contributed by atoms with E-state index in [1.165, 1.54) is 0 Å². The van der Waals surface area contributed by atoms with E-state index in [9.17, 15) is 4.79 Å². The first kappa shape index (κ1) is 11.9. The van der Waals surface area contributed by atoms with Gasteiger partial charge in [0.15, 0.2) is 5.78 Å². The summed E-state index contributed by atoms with van der Waals surface area (Å²) in [6.45, 7) is 2.49. The summed E-state index contributed by atoms with van der Waals surface area (Å²) in [6, 6.07) is 9.38. The van der Waals surface area contributed by atoms with Gasteiger partial charge in [0, 0.05) is 6.42 Å². The molecule has 0 aliphatic carbocycles. The van der Waals surface area contributed by atoms with Gasteiger partial charge in [-0.2, -0.15) is 11.3 Å². The number of carbonyl (C=O) groups excluding carboxylic acids is 1. The summed E-state index contributed by atoms with van der Waals surface area (Å²) in [7, 11) is 0. The predicted molar refractivity (Wildman–Crippen MR) is 70.0 cm³/mol. The highest BCUT2D eigenvalue weighted by Crippen LogP contribution is 2.20. The monoisotopic (exact) mass is 246 g/mol. The van der Waals surface area contributed by atoms with E-state index in [1.807, 2.05) is 48.0 Å². The van der Waals surface area contributed by atoms with Crippen LogP contribution in [-0.4, -0.2) is 12.4 Å². The number of para-hydroxylation sites is 1. The molecule has 0 N–H and O–H groups in total. The zero-order chi connectivity index (χ0) is 12.1. The van der Waals surface area contributed by atoms with Gasteiger partial charge in [0.2, 0.25) is 0 Å². The van der Waals surface area contributed by atoms with Crippen molar-refractivity contribution in [2.75, 3.05) is 6.61 Å². The largest absolute Gasteiger partial charge is 0.493 e. The molecular formula is C14H14O2S. The molecule has 1 aromatic heterocycles. The number of ketones is 1. The maximum absolute atomic E-state index is 12.1. The first-order valence-electron chi connectivity index (χ1n) is 5.57. The van der Waals surface area contributed by atoms with E-state index in [-0.39, 0.29) is 5.78 Å². The van der Waals surface area contributed by atoms with E-state index in [0.29, 0.717) is 24.3 Å². The topological polar surface area (TPSA) is 26.3 Å². The first-order valence-corrected chi connectivity index (χ1v) is 6.51. The Balaban J connectivity index is 2.18. The summed E-state index contributed by atoms with van der Waals surface area (Å²) in [4.78, 5) is 12.1. The number of carbonyl (C=O) groups is 1. The fourth-order valence-electron chi connectivity index (χ4n) is 1.65. The van der Waals surface area contributed by atoms with Crippen LogP contribution in [0.15, 0.2) is 41.1 Å². The van der Waals surface area contributed by atoms with Gasteiger partial charge < -0.3 is 4.74 Å². The molecule has 2 nitrogen and oxygen atoms in total. The Morgan fingerprint density at radius 2 is 2.12 bits per heavy atom. The van der Waals surface area contributed by atoms with Gasteiger partial charge in [-0.3, -0.25) is 4.79 Å². The van der Waals surface area contributed by atoms with Crippen LogP contribution < -0.4 is 4.74 Å². The minimum atomic E-state index is 0.104. The molecular weight excluding hydrogens is 232 g/mol. The molecule has 0 radical (unpaired) electrons. The zero-order valence-corrected chi connectivity index (χ0v) is 10.5. The molecule has 0 saturated carbocycles. The maximum atomic E-state index is 12.1. The molecule has 2 rings (SSSR count). The summed E-state index contributed by atoms with van der Waals surface area (Å²) >= 11 is 1.61. The number of benzene rings is 1. The van der Waals surface area contributed by atoms with Crippen LogP contribution in [0.4, 0.5) is 0 Å². The van der Waals surface area contributed by atoms with Crippen LogP contribution in [0.2, 0.25) is 0 Å². The summed E-state index contributed by atoms with van der Waals surface area (Å²) in [5.41, 5.74) is 1.73. The van der Waals surface area contributed by atoms with Gasteiger partial charge in [-0.15, -0.1) is 0 Å². The van der Waals surface area contributed by atoms with Crippen molar-refractivity contribution >= 4 is 17.1 Å². The van der Waals surface area contributed by atoms with Crippen LogP contribution in [-0.2, 0) is 6.42 Å². The Morgan fingerprint density at radius 3 is 2.82 bits per heavy atom. The van der Waals surface area contributed by atoms with Crippen molar-refractivity contribution in [2.45, 2.75) is 13.3 Å². The molecule has 0 atom stereocenters. The van der Waals surface area contributed by atoms with Crippen molar-refractivity contribution in [1.82, 2.24) is 0 Å². The minimum Gasteiger partial charge on any atom is -0.493 e. The number of thiophene rings is 1. The molecule has 0 saturated heterocycles. The molecule has 17 heavy (non-hydrogen) atoms. The van der Waals surface area contributed by atoms with Crippen LogP contribution in [0.25, 0.3) is 0 Å². The zero-order valence-electron chi connectivity index (χ0n) is 9.68. The highest BCUT2D eigenvalue weighted by atomic mass is 32.1. The second kappa shape index (κ2) is 5.64. The third-order valence-electron chi connectivity index (χ3n) is 2.43. The second-order valence-electron chi connectivity index (χ2n) is 3.66. The molecule has 0 amide bonds. The lowest BCUT2D eigenvalue weighted by atomic mass is 10.0. The van der Waals surface area contributed by atoms with Crippen molar-refractivity contribution in [3.63, 3.8) is 0 Å². The van der Waals surface area contributed by atoms with E-state index in [1.54, 1.807) is 11.3 Å². The summed E-state index contributed by atoms with van der Waals surface area (Å²) in [5.74, 6) is 0.780. The van der Waals surface area contributed by atoms with E-state index < -0.39 is 0 Å². The quantitative estimate of drug-likeness (QED) is 0.754. The van der Waals surface area contributed by atoms with Gasteiger partial charge in [0.05, 0.1) is 12.2 Å². The molecule has 0 aliphatic heterocycles. The Morgan fingerprint density at radius 1 is 1.29 bits per heavy atom. The normalized spacial score (nSPS) is 10.2. The second-order valence-corrected chi connectivity index (χ2v) is 4.44. The van der Waals surface area contributed by atoms with Crippen LogP contribution in [0.3, 0.4) is 0 Å². The summed E-state index contributed by atoms with van der Waals surface area (Å²) in [6.07, 6.45) is 0.438. The van der Waals surface area contributed by atoms with Crippen molar-refractivity contribution in [3.8, 4) is 5.75 Å². The molecule has 0 spiro atoms. The highest BCUT2D eigenvalue weighted by molar-refractivity contribution is 7.08. The van der Waals surface area contributed by atoms with Gasteiger partial charge in [-0.05, 0) is 41.4 Å². The van der Waals surface area contributed by atoms with Gasteiger partial charge in [0.1, 0.15) is 5.75 Å². The van der Waals surface area contributed by atoms with Crippen molar-refractivity contribution < 1.29 is 9.53 Å². The Kier molecular flexibility index (Phi) is 3.94. The average molecular weight is 246 g/mol. The number of hydrogen-bond acceptors (Lipinski definition) is 3. The molecule has 0 bridgehead atoms. The molecule has 1 aromatic carbocycles. The fourth-order valence-corrected chi connectivity index (χ4v) is 2.32. The van der Waals surface area contributed by atoms with Crippen LogP contribution in [0.1, 0.15) is 22.8 Å². The highest BCUT2D eigenvalue weighted by Gasteiger charge is 2.12. The number of rotatable bonds is 5. The minimum absolute atomic E-state index is 0.104. The number of Topliss-reactive ketones (excluding diaryl/α,β-unsaturated/α-hetero) is 1. The lowest BCUT2D eigenvalue weighted by Gasteiger charge is -2.08. The summed E-state index contributed by atoms with van der Waals surface area (Å²) < 4.78 is 5.46. The smallest absolute Gasteiger partial charge is 0.170 e. The molecule has 1 heterocycles. The number of ether oxygens (including phenoxy) is 1. The van der Waals surface area contributed by atoms with E-state index >= 15 is 0 Å². The van der Waals surface area contributed by atoms with E-state index in [4.69, 9.17) is 4.74 Å². The van der Waals surface area contributed by atoms with Gasteiger partial charge in [0.25, 0.3) is 0 Å². The van der Waals surface area contributed by atoms with Gasteiger partial charge >= 0.3 is 0 Å². The molecule has 3 heteroatoms. The lowest BCUT2D eigenvalue weighted by Crippen LogP contribution is -2.06. The third kappa shape index (κ3) is 2.94. The SMILES string of the molecule is CCOc1ccccc1C(=O)Cc1ccsc1. The average Bonchev–Trinajstić information content (AvgIpc) is 2.83. The van der Waals surface area contributed by atoms with Crippen molar-refractivity contribution in [1.29, 1.82) is 0 Å². The Bertz CT molecular complexity index is 489. The number of hydrogen-bond donors (Lipinski definition) is 0. The Hall–Kier alpha value is -1.61. The standard InChI is InChI=1S/C14H14O2S/c1-2-16-14-6-4-3-5-12(14)13(15)9-11-7-8-17-10-11/h3-8,10H,2,9H2,1H3. The molecule has 0 fully saturated rings. The molecule has 2 aromatic rings. The Labute approximate surface area is 105 Å². The van der Waals surface area contributed by atoms with Gasteiger partial charge in [-0.1, -0.05) is 12.1 Å². The van der Waals surface area contributed by atoms with Crippen LogP contribution in [0.5, 0.6) is 5.75 Å². The van der Waals surface area contributed by atoms with Gasteiger partial charge in [-0.25, -0.2) is 0 Å². The van der Waals surface area contributed by atoms with Crippen molar-refractivity contribution in [3.05, 3.63) is 52.2 Å². The molecule has 88 valence electrons. The first-order chi connectivity index (χ1) is 8.31. The van der Waals surface area contributed by atoms with E-state index in [0.717, 1.165) is 5.56 Å². The third-order valence-corrected chi connectivity index (χ3v) is 3.16. The lowest BCUT2D eigenvalue weighted by molar-refractivity contribution is 0.0989. The molecule has 0 unspecified atom stereocenters. The maximum Gasteiger partial charge on any atom is 0.170 e. The van der Waals surface area contributed by atoms with Crippen LogP contribution in [0, 0.1) is 0 Å². The molecule has 0 aliphatic rings. The van der Waals surface area contributed by atoms with Crippen LogP contribution >= 0.6 is 11.3 Å². The summed E-state index contributed by atoms with van der Waals surface area (Å²) in [5, 5.41) is 3.98. The predicted octanol–water partition coefficient (Wildman–Crippen LogP) is 3.57. The van der Waals surface area contributed by atoms with E-state index in [2.05, 4.69) is 0 Å². The van der Waals surface area contributed by atoms with Crippen molar-refractivity contribution in [2.24, 2.45) is 0 Å². The fraction of sp³-hybridized carbons (Fsp3) is 0.214.